The number of oxime groups is 1. The van der Waals surface area contributed by atoms with Gasteiger partial charge in [0, 0.05) is 0 Å². The summed E-state index contributed by atoms with van der Waals surface area (Å²) in [4.78, 5) is 32.6. The zero-order valence-corrected chi connectivity index (χ0v) is 19.6. The predicted molar refractivity (Wildman–Crippen MR) is 128 cm³/mol. The first-order chi connectivity index (χ1) is 15.9. The molecule has 1 heterocycles. The minimum Gasteiger partial charge on any atom is -0.497 e. The van der Waals surface area contributed by atoms with Gasteiger partial charge >= 0.3 is 6.09 Å². The Labute approximate surface area is 199 Å². The van der Waals surface area contributed by atoms with Crippen molar-refractivity contribution in [2.75, 3.05) is 13.7 Å². The average molecular weight is 472 g/mol. The molecule has 0 radical (unpaired) electrons. The highest BCUT2D eigenvalue weighted by atomic mass is 32.1. The van der Waals surface area contributed by atoms with Crippen LogP contribution < -0.4 is 10.5 Å². The fourth-order valence-electron chi connectivity index (χ4n) is 3.44. The quantitative estimate of drug-likeness (QED) is 0.545. The van der Waals surface area contributed by atoms with Gasteiger partial charge in [0.15, 0.2) is 6.10 Å². The highest BCUT2D eigenvalue weighted by Crippen LogP contribution is 2.21. The number of thiol groups is 1. The second-order valence-electron chi connectivity index (χ2n) is 7.68. The number of nitrogens with zero attached hydrogens (tertiary/aromatic N) is 2. The van der Waals surface area contributed by atoms with Crippen LogP contribution in [0.15, 0.2) is 59.8 Å². The van der Waals surface area contributed by atoms with Crippen molar-refractivity contribution in [3.05, 3.63) is 65.7 Å². The van der Waals surface area contributed by atoms with E-state index in [-0.39, 0.29) is 24.8 Å². The molecule has 8 nitrogen and oxygen atoms in total. The van der Waals surface area contributed by atoms with Gasteiger partial charge < -0.3 is 20.0 Å². The predicted octanol–water partition coefficient (Wildman–Crippen LogP) is 3.19. The number of amides is 2. The Balaban J connectivity index is 1.72. The maximum Gasteiger partial charge on any atom is 0.417 e. The summed E-state index contributed by atoms with van der Waals surface area (Å²) in [5.74, 6) is 0.0951. The van der Waals surface area contributed by atoms with Crippen LogP contribution in [0.2, 0.25) is 0 Å². The molecule has 0 saturated carbocycles. The molecule has 0 saturated heterocycles. The van der Waals surface area contributed by atoms with E-state index in [1.807, 2.05) is 49.4 Å². The van der Waals surface area contributed by atoms with Gasteiger partial charge in [0.1, 0.15) is 12.4 Å². The lowest BCUT2D eigenvalue weighted by Gasteiger charge is -2.26. The normalized spacial score (nSPS) is 18.1. The zero-order valence-electron chi connectivity index (χ0n) is 18.7. The lowest BCUT2D eigenvalue weighted by Crippen LogP contribution is -2.51. The van der Waals surface area contributed by atoms with Crippen molar-refractivity contribution < 1.29 is 23.9 Å². The summed E-state index contributed by atoms with van der Waals surface area (Å²) in [6, 6.07) is 15.5. The van der Waals surface area contributed by atoms with Gasteiger partial charge in [0.25, 0.3) is 0 Å². The molecule has 0 aliphatic carbocycles. The van der Waals surface area contributed by atoms with Gasteiger partial charge in [-0.25, -0.2) is 9.69 Å². The Morgan fingerprint density at radius 3 is 2.58 bits per heavy atom. The van der Waals surface area contributed by atoms with Gasteiger partial charge in [0.2, 0.25) is 5.91 Å². The van der Waals surface area contributed by atoms with E-state index in [0.29, 0.717) is 12.2 Å². The van der Waals surface area contributed by atoms with Crippen molar-refractivity contribution in [3.63, 3.8) is 0 Å². The molecule has 2 aromatic carbocycles. The van der Waals surface area contributed by atoms with Crippen LogP contribution in [0.4, 0.5) is 4.79 Å². The van der Waals surface area contributed by atoms with E-state index in [1.54, 1.807) is 19.2 Å². The first-order valence-corrected chi connectivity index (χ1v) is 11.3. The molecule has 0 bridgehead atoms. The number of nitrogens with two attached hydrogens (primary N) is 1. The van der Waals surface area contributed by atoms with Crippen molar-refractivity contribution in [2.24, 2.45) is 10.9 Å². The molecule has 0 spiro atoms. The van der Waals surface area contributed by atoms with Crippen molar-refractivity contribution >= 4 is 30.3 Å². The number of hydrogen-bond acceptors (Lipinski definition) is 8. The number of carbonyl (C=O) groups is 2. The third-order valence-electron chi connectivity index (χ3n) is 5.32. The average Bonchev–Trinajstić information content (AvgIpc) is 3.20. The van der Waals surface area contributed by atoms with Crippen LogP contribution >= 0.6 is 12.6 Å². The molecule has 0 fully saturated rings. The van der Waals surface area contributed by atoms with Crippen molar-refractivity contribution in [3.8, 4) is 5.75 Å². The summed E-state index contributed by atoms with van der Waals surface area (Å²) < 4.78 is 10.6. The molecule has 176 valence electrons. The molecule has 33 heavy (non-hydrogen) atoms. The summed E-state index contributed by atoms with van der Waals surface area (Å²) in [5, 5.41) is 3.69. The highest BCUT2D eigenvalue weighted by Gasteiger charge is 2.37. The van der Waals surface area contributed by atoms with E-state index in [4.69, 9.17) is 20.0 Å². The monoisotopic (exact) mass is 471 g/mol. The summed E-state index contributed by atoms with van der Waals surface area (Å²) in [7, 11) is 1.57. The Bertz CT molecular complexity index is 985. The number of benzene rings is 2. The number of imide groups is 1. The molecule has 2 unspecified atom stereocenters. The summed E-state index contributed by atoms with van der Waals surface area (Å²) in [6.07, 6.45) is -0.489. The Morgan fingerprint density at radius 1 is 1.18 bits per heavy atom. The Kier molecular flexibility index (Phi) is 8.73. The SMILES string of the molecule is CCC1=NOC(CN(C(=O)OCc2ccccc2)C(=O)[C@@H](N)Cc2cccc(OC)c2)C1S. The molecule has 1 aliphatic rings. The lowest BCUT2D eigenvalue weighted by molar-refractivity contribution is -0.132. The summed E-state index contributed by atoms with van der Waals surface area (Å²) in [6.45, 7) is 1.90. The van der Waals surface area contributed by atoms with Crippen LogP contribution in [0.1, 0.15) is 24.5 Å². The number of carbonyl (C=O) groups excluding carboxylic acids is 2. The molecular formula is C24H29N3O5S. The van der Waals surface area contributed by atoms with Gasteiger partial charge in [-0.2, -0.15) is 12.6 Å². The minimum absolute atomic E-state index is 0.0289. The lowest BCUT2D eigenvalue weighted by atomic mass is 10.0. The molecule has 1 aliphatic heterocycles. The van der Waals surface area contributed by atoms with E-state index in [1.165, 1.54) is 0 Å². The summed E-state index contributed by atoms with van der Waals surface area (Å²) in [5.41, 5.74) is 8.60. The maximum absolute atomic E-state index is 13.3. The number of rotatable bonds is 9. The number of ether oxygens (including phenoxy) is 2. The van der Waals surface area contributed by atoms with E-state index < -0.39 is 24.1 Å². The van der Waals surface area contributed by atoms with Crippen molar-refractivity contribution in [1.82, 2.24) is 4.90 Å². The second kappa shape index (κ2) is 11.7. The number of hydrogen-bond donors (Lipinski definition) is 2. The molecule has 2 aromatic rings. The molecule has 2 N–H and O–H groups in total. The topological polar surface area (TPSA) is 103 Å². The smallest absolute Gasteiger partial charge is 0.417 e. The third-order valence-corrected chi connectivity index (χ3v) is 5.95. The molecular weight excluding hydrogens is 442 g/mol. The second-order valence-corrected chi connectivity index (χ2v) is 8.23. The molecule has 2 amide bonds. The van der Waals surface area contributed by atoms with Gasteiger partial charge in [-0.05, 0) is 36.1 Å². The summed E-state index contributed by atoms with van der Waals surface area (Å²) >= 11 is 4.55. The molecule has 9 heteroatoms. The maximum atomic E-state index is 13.3. The van der Waals surface area contributed by atoms with Crippen LogP contribution in [-0.2, 0) is 27.4 Å². The van der Waals surface area contributed by atoms with E-state index in [0.717, 1.165) is 21.7 Å². The fraction of sp³-hybridized carbons (Fsp3) is 0.375. The number of methoxy groups -OCH3 is 1. The van der Waals surface area contributed by atoms with Gasteiger partial charge in [-0.15, -0.1) is 0 Å². The van der Waals surface area contributed by atoms with Crippen molar-refractivity contribution in [2.45, 2.75) is 43.8 Å². The van der Waals surface area contributed by atoms with Crippen LogP contribution in [0.3, 0.4) is 0 Å². The first kappa shape index (κ1) is 24.6. The Hall–Kier alpha value is -3.04. The van der Waals surface area contributed by atoms with E-state index >= 15 is 0 Å². The van der Waals surface area contributed by atoms with Crippen molar-refractivity contribution in [1.29, 1.82) is 0 Å². The molecule has 3 rings (SSSR count). The largest absolute Gasteiger partial charge is 0.497 e. The highest BCUT2D eigenvalue weighted by molar-refractivity contribution is 7.82. The van der Waals surface area contributed by atoms with Crippen LogP contribution in [-0.4, -0.2) is 53.7 Å². The zero-order chi connectivity index (χ0) is 23.8. The van der Waals surface area contributed by atoms with Crippen LogP contribution in [0.5, 0.6) is 5.75 Å². The molecule has 0 aromatic heterocycles. The standard InChI is InChI=1S/C24H29N3O5S/c1-3-20-22(33)21(32-26-20)14-27(24(29)31-15-16-8-5-4-6-9-16)23(28)19(25)13-17-10-7-11-18(12-17)30-2/h4-12,19,21-22,33H,3,13-15,25H2,1-2H3/t19-,21?,22?/m0/s1. The van der Waals surface area contributed by atoms with E-state index in [9.17, 15) is 9.59 Å². The van der Waals surface area contributed by atoms with Gasteiger partial charge in [-0.3, -0.25) is 4.79 Å². The van der Waals surface area contributed by atoms with Crippen LogP contribution in [0.25, 0.3) is 0 Å². The first-order valence-electron chi connectivity index (χ1n) is 10.7. The Morgan fingerprint density at radius 2 is 1.91 bits per heavy atom. The van der Waals surface area contributed by atoms with Gasteiger partial charge in [-0.1, -0.05) is 54.5 Å². The molecule has 3 atom stereocenters. The fourth-order valence-corrected chi connectivity index (χ4v) is 3.82. The minimum atomic E-state index is -0.965. The van der Waals surface area contributed by atoms with Crippen LogP contribution in [0, 0.1) is 0 Å². The van der Waals surface area contributed by atoms with E-state index in [2.05, 4.69) is 17.8 Å². The third kappa shape index (κ3) is 6.49. The van der Waals surface area contributed by atoms with Gasteiger partial charge in [0.05, 0.1) is 30.7 Å².